The van der Waals surface area contributed by atoms with Gasteiger partial charge in [-0.05, 0) is 55.9 Å². The van der Waals surface area contributed by atoms with Gasteiger partial charge < -0.3 is 5.32 Å². The first kappa shape index (κ1) is 26.8. The Labute approximate surface area is 227 Å². The number of anilines is 1. The monoisotopic (exact) mass is 553 g/mol. The molecule has 12 heteroatoms. The minimum Gasteiger partial charge on any atom is -0.345 e. The number of nitrogens with zero attached hydrogens (tertiary/aromatic N) is 5. The number of carbonyl (C=O) groups is 2. The van der Waals surface area contributed by atoms with Crippen LogP contribution in [0.15, 0.2) is 52.0 Å². The highest BCUT2D eigenvalue weighted by atomic mass is 32.2. The van der Waals surface area contributed by atoms with Gasteiger partial charge in [0.1, 0.15) is 0 Å². The number of hydrogen-bond acceptors (Lipinski definition) is 9. The maximum atomic E-state index is 12.7. The first-order chi connectivity index (χ1) is 17.9. The number of thioether (sulfide) groups is 2. The van der Waals surface area contributed by atoms with Gasteiger partial charge in [0.15, 0.2) is 15.3 Å². The summed E-state index contributed by atoms with van der Waals surface area (Å²) < 4.78 is 2.72. The number of hydrogen-bond donors (Lipinski definition) is 2. The van der Waals surface area contributed by atoms with E-state index in [4.69, 9.17) is 0 Å². The molecule has 0 radical (unpaired) electrons. The molecule has 0 atom stereocenters. The number of nitrogens with one attached hydrogen (secondary N) is 2. The third kappa shape index (κ3) is 6.76. The normalized spacial score (nSPS) is 10.9. The number of amides is 2. The quantitative estimate of drug-likeness (QED) is 0.212. The lowest BCUT2D eigenvalue weighted by Crippen LogP contribution is -2.25. The van der Waals surface area contributed by atoms with Crippen LogP contribution >= 0.6 is 34.9 Å². The summed E-state index contributed by atoms with van der Waals surface area (Å²) in [5, 5.41) is 23.6. The zero-order chi connectivity index (χ0) is 26.4. The Morgan fingerprint density at radius 3 is 2.59 bits per heavy atom. The molecule has 4 aromatic rings. The molecule has 2 aromatic heterocycles. The van der Waals surface area contributed by atoms with Gasteiger partial charge in [-0.2, -0.15) is 0 Å². The molecule has 37 heavy (non-hydrogen) atoms. The van der Waals surface area contributed by atoms with E-state index in [0.29, 0.717) is 21.7 Å². The summed E-state index contributed by atoms with van der Waals surface area (Å²) in [6, 6.07) is 13.4. The summed E-state index contributed by atoms with van der Waals surface area (Å²) in [7, 11) is 0. The fourth-order valence-electron chi connectivity index (χ4n) is 3.50. The zero-order valence-electron chi connectivity index (χ0n) is 20.9. The highest BCUT2D eigenvalue weighted by Crippen LogP contribution is 2.27. The molecular weight excluding hydrogens is 527 g/mol. The fourth-order valence-corrected chi connectivity index (χ4v) is 5.93. The van der Waals surface area contributed by atoms with Crippen LogP contribution in [0.1, 0.15) is 39.8 Å². The molecule has 0 spiro atoms. The molecule has 0 bridgehead atoms. The van der Waals surface area contributed by atoms with Crippen LogP contribution in [-0.4, -0.2) is 48.3 Å². The van der Waals surface area contributed by atoms with Crippen LogP contribution in [0.3, 0.4) is 0 Å². The summed E-state index contributed by atoms with van der Waals surface area (Å²) in [5.41, 5.74) is 4.68. The van der Waals surface area contributed by atoms with E-state index >= 15 is 0 Å². The van der Waals surface area contributed by atoms with E-state index in [1.807, 2.05) is 68.7 Å². The topological polar surface area (TPSA) is 115 Å². The van der Waals surface area contributed by atoms with Gasteiger partial charge in [-0.25, -0.2) is 0 Å². The van der Waals surface area contributed by atoms with Gasteiger partial charge in [0.2, 0.25) is 11.0 Å². The Balaban J connectivity index is 1.52. The average Bonchev–Trinajstić information content (AvgIpc) is 3.49. The fraction of sp³-hybridized carbons (Fsp3) is 0.280. The van der Waals surface area contributed by atoms with Crippen LogP contribution < -0.4 is 10.6 Å². The number of carbonyl (C=O) groups excluding carboxylic acids is 2. The lowest BCUT2D eigenvalue weighted by molar-refractivity contribution is -0.113. The van der Waals surface area contributed by atoms with E-state index in [1.165, 1.54) is 23.1 Å². The van der Waals surface area contributed by atoms with Crippen molar-refractivity contribution < 1.29 is 9.59 Å². The van der Waals surface area contributed by atoms with Crippen LogP contribution in [0.4, 0.5) is 5.13 Å². The summed E-state index contributed by atoms with van der Waals surface area (Å²) in [4.78, 5) is 25.4. The highest BCUT2D eigenvalue weighted by Gasteiger charge is 2.19. The average molecular weight is 554 g/mol. The molecule has 0 fully saturated rings. The molecule has 2 N–H and O–H groups in total. The van der Waals surface area contributed by atoms with Crippen LogP contribution in [0.5, 0.6) is 0 Å². The Bertz CT molecular complexity index is 1420. The maximum Gasteiger partial charge on any atom is 0.251 e. The first-order valence-electron chi connectivity index (χ1n) is 11.6. The second-order valence-electron chi connectivity index (χ2n) is 8.15. The van der Waals surface area contributed by atoms with Crippen molar-refractivity contribution in [3.05, 3.63) is 70.5 Å². The zero-order valence-corrected chi connectivity index (χ0v) is 23.4. The minimum absolute atomic E-state index is 0.120. The molecule has 0 saturated carbocycles. The summed E-state index contributed by atoms with van der Waals surface area (Å²) >= 11 is 4.20. The van der Waals surface area contributed by atoms with Gasteiger partial charge in [0, 0.05) is 5.56 Å². The smallest absolute Gasteiger partial charge is 0.251 e. The standard InChI is InChI=1S/C25H27N7O2S3/c1-5-35-25-31-29-23(37-25)27-21(33)14-36-24-30-28-20(32(24)19-11-7-9-16(3)17(19)4)13-26-22(34)18-10-6-8-15(2)12-18/h6-12H,5,13-14H2,1-4H3,(H,26,34)(H,27,29,33). The van der Waals surface area contributed by atoms with Crippen molar-refractivity contribution in [3.63, 3.8) is 0 Å². The SMILES string of the molecule is CCSc1nnc(NC(=O)CSc2nnc(CNC(=O)c3cccc(C)c3)n2-c2cccc(C)c2C)s1. The lowest BCUT2D eigenvalue weighted by atomic mass is 10.1. The van der Waals surface area contributed by atoms with E-state index in [9.17, 15) is 9.59 Å². The van der Waals surface area contributed by atoms with Crippen molar-refractivity contribution in [3.8, 4) is 5.69 Å². The third-order valence-corrected chi connectivity index (χ3v) is 8.24. The van der Waals surface area contributed by atoms with E-state index in [1.54, 1.807) is 17.8 Å². The number of aryl methyl sites for hydroxylation is 2. The van der Waals surface area contributed by atoms with Crippen molar-refractivity contribution in [2.45, 2.75) is 43.7 Å². The van der Waals surface area contributed by atoms with Crippen LogP contribution in [-0.2, 0) is 11.3 Å². The maximum absolute atomic E-state index is 12.7. The number of benzene rings is 2. The molecule has 0 aliphatic heterocycles. The largest absolute Gasteiger partial charge is 0.345 e. The Morgan fingerprint density at radius 2 is 1.81 bits per heavy atom. The third-order valence-electron chi connectivity index (χ3n) is 5.46. The van der Waals surface area contributed by atoms with Crippen molar-refractivity contribution >= 4 is 51.8 Å². The minimum atomic E-state index is -0.209. The molecule has 0 aliphatic rings. The first-order valence-corrected chi connectivity index (χ1v) is 14.4. The van der Waals surface area contributed by atoms with Crippen molar-refractivity contribution in [2.75, 3.05) is 16.8 Å². The molecule has 2 amide bonds. The van der Waals surface area contributed by atoms with Gasteiger partial charge in [0.05, 0.1) is 18.0 Å². The molecule has 2 aromatic carbocycles. The molecule has 9 nitrogen and oxygen atoms in total. The van der Waals surface area contributed by atoms with E-state index in [2.05, 4.69) is 31.0 Å². The lowest BCUT2D eigenvalue weighted by Gasteiger charge is -2.15. The van der Waals surface area contributed by atoms with Gasteiger partial charge in [-0.15, -0.1) is 20.4 Å². The second-order valence-corrected chi connectivity index (χ2v) is 11.6. The Kier molecular flexibility index (Phi) is 8.95. The molecule has 0 saturated heterocycles. The second kappa shape index (κ2) is 12.3. The van der Waals surface area contributed by atoms with Crippen LogP contribution in [0.25, 0.3) is 5.69 Å². The summed E-state index contributed by atoms with van der Waals surface area (Å²) in [6.07, 6.45) is 0. The number of aromatic nitrogens is 5. The van der Waals surface area contributed by atoms with Crippen molar-refractivity contribution in [1.82, 2.24) is 30.3 Å². The van der Waals surface area contributed by atoms with Crippen LogP contribution in [0, 0.1) is 20.8 Å². The summed E-state index contributed by atoms with van der Waals surface area (Å²) in [6.45, 7) is 8.23. The van der Waals surface area contributed by atoms with Gasteiger partial charge in [-0.1, -0.05) is 71.6 Å². The summed E-state index contributed by atoms with van der Waals surface area (Å²) in [5.74, 6) is 1.18. The molecule has 2 heterocycles. The predicted octanol–water partition coefficient (Wildman–Crippen LogP) is 4.82. The molecule has 0 unspecified atom stereocenters. The molecule has 192 valence electrons. The Morgan fingerprint density at radius 1 is 1.00 bits per heavy atom. The van der Waals surface area contributed by atoms with E-state index in [0.717, 1.165) is 32.5 Å². The highest BCUT2D eigenvalue weighted by molar-refractivity contribution is 8.01. The molecule has 4 rings (SSSR count). The van der Waals surface area contributed by atoms with E-state index in [-0.39, 0.29) is 24.1 Å². The predicted molar refractivity (Wildman–Crippen MR) is 149 cm³/mol. The van der Waals surface area contributed by atoms with Gasteiger partial charge >= 0.3 is 0 Å². The van der Waals surface area contributed by atoms with Crippen LogP contribution in [0.2, 0.25) is 0 Å². The van der Waals surface area contributed by atoms with Gasteiger partial charge in [0.25, 0.3) is 5.91 Å². The van der Waals surface area contributed by atoms with E-state index < -0.39 is 0 Å². The van der Waals surface area contributed by atoms with Crippen molar-refractivity contribution in [2.24, 2.45) is 0 Å². The number of rotatable bonds is 10. The Hall–Kier alpha value is -3.22. The van der Waals surface area contributed by atoms with Crippen molar-refractivity contribution in [1.29, 1.82) is 0 Å². The molecular formula is C25H27N7O2S3. The van der Waals surface area contributed by atoms with Gasteiger partial charge in [-0.3, -0.25) is 19.5 Å². The molecule has 0 aliphatic carbocycles.